The van der Waals surface area contributed by atoms with Crippen LogP contribution >= 0.6 is 15.9 Å². The van der Waals surface area contributed by atoms with Gasteiger partial charge in [-0.2, -0.15) is 0 Å². The minimum atomic E-state index is -1.41. The van der Waals surface area contributed by atoms with Crippen LogP contribution in [0.5, 0.6) is 0 Å². The largest absolute Gasteiger partial charge is 0.392 e. The van der Waals surface area contributed by atoms with E-state index in [1.54, 1.807) is 18.2 Å². The summed E-state index contributed by atoms with van der Waals surface area (Å²) in [5.74, 6) is -0.475. The molecule has 0 saturated heterocycles. The standard InChI is InChI=1S/C12H9BrFNO/c13-9-1-2-10(8(5-9)7-16)11-3-4-15-6-12(11)14/h1-6,16H,7H2/i7D. The zero-order valence-electron chi connectivity index (χ0n) is 9.19. The number of pyridine rings is 1. The highest BCUT2D eigenvalue weighted by atomic mass is 79.9. The molecule has 1 aromatic carbocycles. The number of benzene rings is 1. The molecule has 1 unspecified atom stereocenters. The third-order valence-electron chi connectivity index (χ3n) is 2.22. The molecule has 0 aliphatic rings. The first-order valence-corrected chi connectivity index (χ1v) is 5.38. The lowest BCUT2D eigenvalue weighted by molar-refractivity contribution is 0.282. The van der Waals surface area contributed by atoms with Crippen molar-refractivity contribution in [1.29, 1.82) is 0 Å². The van der Waals surface area contributed by atoms with Crippen molar-refractivity contribution in [3.63, 3.8) is 0 Å². The van der Waals surface area contributed by atoms with Gasteiger partial charge in [0.1, 0.15) is 5.82 Å². The first kappa shape index (κ1) is 9.93. The fourth-order valence-corrected chi connectivity index (χ4v) is 1.86. The average molecular weight is 283 g/mol. The van der Waals surface area contributed by atoms with E-state index in [9.17, 15) is 9.50 Å². The van der Waals surface area contributed by atoms with E-state index in [0.29, 0.717) is 16.7 Å². The number of hydrogen-bond acceptors (Lipinski definition) is 2. The summed E-state index contributed by atoms with van der Waals surface area (Å²) in [7, 11) is 0. The number of hydrogen-bond donors (Lipinski definition) is 1. The summed E-state index contributed by atoms with van der Waals surface area (Å²) in [5.41, 5.74) is 1.17. The first-order valence-electron chi connectivity index (χ1n) is 5.17. The molecule has 0 saturated carbocycles. The third kappa shape index (κ3) is 2.13. The van der Waals surface area contributed by atoms with Gasteiger partial charge in [0.05, 0.1) is 14.2 Å². The van der Waals surface area contributed by atoms with Crippen LogP contribution in [0.25, 0.3) is 11.1 Å². The summed E-state index contributed by atoms with van der Waals surface area (Å²) < 4.78 is 21.7. The van der Waals surface area contributed by atoms with Crippen LogP contribution in [0.4, 0.5) is 4.39 Å². The van der Waals surface area contributed by atoms with Gasteiger partial charge in [0.15, 0.2) is 0 Å². The van der Waals surface area contributed by atoms with Gasteiger partial charge >= 0.3 is 0 Å². The van der Waals surface area contributed by atoms with Crippen molar-refractivity contribution in [1.82, 2.24) is 4.98 Å². The molecule has 4 heteroatoms. The Kier molecular flexibility index (Phi) is 2.93. The second-order valence-corrected chi connectivity index (χ2v) is 4.13. The minimum Gasteiger partial charge on any atom is -0.392 e. The smallest absolute Gasteiger partial charge is 0.149 e. The highest BCUT2D eigenvalue weighted by Gasteiger charge is 2.09. The monoisotopic (exact) mass is 282 g/mol. The van der Waals surface area contributed by atoms with Crippen LogP contribution in [0.15, 0.2) is 41.1 Å². The van der Waals surface area contributed by atoms with E-state index < -0.39 is 12.4 Å². The van der Waals surface area contributed by atoms with Crippen LogP contribution in [0.3, 0.4) is 0 Å². The van der Waals surface area contributed by atoms with Crippen molar-refractivity contribution < 1.29 is 10.9 Å². The average Bonchev–Trinajstić information content (AvgIpc) is 2.30. The fourth-order valence-electron chi connectivity index (χ4n) is 1.48. The van der Waals surface area contributed by atoms with E-state index >= 15 is 0 Å². The zero-order valence-corrected chi connectivity index (χ0v) is 9.78. The van der Waals surface area contributed by atoms with Gasteiger partial charge < -0.3 is 5.11 Å². The molecule has 2 aromatic rings. The molecule has 1 heterocycles. The van der Waals surface area contributed by atoms with Crippen molar-refractivity contribution >= 4 is 15.9 Å². The summed E-state index contributed by atoms with van der Waals surface area (Å²) in [4.78, 5) is 3.67. The molecule has 2 rings (SSSR count). The van der Waals surface area contributed by atoms with Crippen LogP contribution in [0.2, 0.25) is 0 Å². The summed E-state index contributed by atoms with van der Waals surface area (Å²) >= 11 is 3.26. The van der Waals surface area contributed by atoms with Crippen molar-refractivity contribution in [3.05, 3.63) is 52.5 Å². The molecule has 0 aliphatic carbocycles. The Hall–Kier alpha value is -1.26. The Bertz CT molecular complexity index is 548. The molecule has 16 heavy (non-hydrogen) atoms. The predicted molar refractivity (Wildman–Crippen MR) is 63.3 cm³/mol. The second-order valence-electron chi connectivity index (χ2n) is 3.22. The lowest BCUT2D eigenvalue weighted by Gasteiger charge is -2.08. The van der Waals surface area contributed by atoms with E-state index in [4.69, 9.17) is 1.37 Å². The summed E-state index contributed by atoms with van der Waals surface area (Å²) in [6, 6.07) is 6.52. The van der Waals surface area contributed by atoms with Crippen molar-refractivity contribution in [2.24, 2.45) is 0 Å². The van der Waals surface area contributed by atoms with Gasteiger partial charge in [-0.15, -0.1) is 0 Å². The molecular weight excluding hydrogens is 273 g/mol. The molecule has 0 fully saturated rings. The van der Waals surface area contributed by atoms with Gasteiger partial charge in [-0.05, 0) is 29.3 Å². The maximum atomic E-state index is 13.6. The molecule has 0 amide bonds. The fraction of sp³-hybridized carbons (Fsp3) is 0.0833. The summed E-state index contributed by atoms with van der Waals surface area (Å²) in [6.07, 6.45) is 2.58. The second kappa shape index (κ2) is 4.72. The highest BCUT2D eigenvalue weighted by molar-refractivity contribution is 9.10. The Morgan fingerprint density at radius 2 is 2.19 bits per heavy atom. The van der Waals surface area contributed by atoms with Crippen molar-refractivity contribution in [2.45, 2.75) is 6.58 Å². The molecule has 82 valence electrons. The zero-order chi connectivity index (χ0) is 12.4. The van der Waals surface area contributed by atoms with E-state index in [1.165, 1.54) is 12.3 Å². The number of aromatic nitrogens is 1. The summed E-state index contributed by atoms with van der Waals surface area (Å²) in [5, 5.41) is 9.39. The molecule has 0 spiro atoms. The normalized spacial score (nSPS) is 13.3. The van der Waals surface area contributed by atoms with Gasteiger partial charge in [-0.25, -0.2) is 4.39 Å². The van der Waals surface area contributed by atoms with Crippen molar-refractivity contribution in [2.75, 3.05) is 0 Å². The Morgan fingerprint density at radius 1 is 1.38 bits per heavy atom. The molecule has 1 N–H and O–H groups in total. The van der Waals surface area contributed by atoms with Crippen molar-refractivity contribution in [3.8, 4) is 11.1 Å². The maximum absolute atomic E-state index is 13.6. The van der Waals surface area contributed by atoms with Crippen LogP contribution in [0, 0.1) is 5.82 Å². The van der Waals surface area contributed by atoms with Gasteiger partial charge in [0, 0.05) is 16.2 Å². The number of rotatable bonds is 2. The minimum absolute atomic E-state index is 0.328. The van der Waals surface area contributed by atoms with E-state index in [2.05, 4.69) is 20.9 Å². The Balaban J connectivity index is 2.63. The Morgan fingerprint density at radius 3 is 2.88 bits per heavy atom. The van der Waals surface area contributed by atoms with Crippen LogP contribution < -0.4 is 0 Å². The van der Waals surface area contributed by atoms with Gasteiger partial charge in [-0.3, -0.25) is 4.98 Å². The molecule has 2 nitrogen and oxygen atoms in total. The number of aliphatic hydroxyl groups excluding tert-OH is 1. The van der Waals surface area contributed by atoms with Gasteiger partial charge in [-0.1, -0.05) is 22.0 Å². The summed E-state index contributed by atoms with van der Waals surface area (Å²) in [6.45, 7) is -1.41. The number of nitrogens with zero attached hydrogens (tertiary/aromatic N) is 1. The predicted octanol–water partition coefficient (Wildman–Crippen LogP) is 3.14. The quantitative estimate of drug-likeness (QED) is 0.918. The topological polar surface area (TPSA) is 33.1 Å². The number of aliphatic hydroxyl groups is 1. The Labute approximate surface area is 102 Å². The van der Waals surface area contributed by atoms with E-state index in [1.807, 2.05) is 0 Å². The van der Waals surface area contributed by atoms with Crippen LogP contribution in [-0.4, -0.2) is 10.1 Å². The van der Waals surface area contributed by atoms with E-state index in [-0.39, 0.29) is 0 Å². The van der Waals surface area contributed by atoms with Crippen LogP contribution in [-0.2, 0) is 6.58 Å². The molecule has 0 radical (unpaired) electrons. The van der Waals surface area contributed by atoms with E-state index in [0.717, 1.165) is 10.7 Å². The SMILES string of the molecule is [2H]C(O)c1cc(Br)ccc1-c1ccncc1F. The molecule has 1 atom stereocenters. The maximum Gasteiger partial charge on any atom is 0.149 e. The van der Waals surface area contributed by atoms with Gasteiger partial charge in [0.2, 0.25) is 0 Å². The molecule has 0 aliphatic heterocycles. The lowest BCUT2D eigenvalue weighted by atomic mass is 10.0. The number of halogens is 2. The van der Waals surface area contributed by atoms with Gasteiger partial charge in [0.25, 0.3) is 0 Å². The first-order chi connectivity index (χ1) is 8.09. The third-order valence-corrected chi connectivity index (χ3v) is 2.71. The lowest BCUT2D eigenvalue weighted by Crippen LogP contribution is -1.92. The molecule has 0 bridgehead atoms. The van der Waals surface area contributed by atoms with Crippen LogP contribution in [0.1, 0.15) is 6.93 Å². The molecule has 1 aromatic heterocycles. The highest BCUT2D eigenvalue weighted by Crippen LogP contribution is 2.28. The molecular formula is C12H9BrFNO.